The first-order valence-corrected chi connectivity index (χ1v) is 5.75. The van der Waals surface area contributed by atoms with Crippen LogP contribution in [0, 0.1) is 0 Å². The van der Waals surface area contributed by atoms with Crippen molar-refractivity contribution >= 4 is 17.2 Å². The predicted octanol–water partition coefficient (Wildman–Crippen LogP) is -1.13. The van der Waals surface area contributed by atoms with Crippen molar-refractivity contribution in [1.29, 1.82) is 0 Å². The van der Waals surface area contributed by atoms with Crippen LogP contribution in [0.4, 0.5) is 0 Å². The van der Waals surface area contributed by atoms with E-state index in [4.69, 9.17) is 4.74 Å². The van der Waals surface area contributed by atoms with Gasteiger partial charge < -0.3 is 9.29 Å². The fraction of sp³-hybridized carbons (Fsp3) is 0.273. The van der Waals surface area contributed by atoms with E-state index in [1.165, 1.54) is 0 Å². The van der Waals surface area contributed by atoms with Crippen molar-refractivity contribution in [3.8, 4) is 5.75 Å². The second kappa shape index (κ2) is 5.98. The fourth-order valence-electron chi connectivity index (χ4n) is 1.70. The van der Waals surface area contributed by atoms with Crippen LogP contribution in [0.3, 0.4) is 0 Å². The smallest absolute Gasteiger partial charge is 0.769 e. The summed E-state index contributed by atoms with van der Waals surface area (Å²) in [5, 5.41) is 0. The molecule has 80 valence electrons. The van der Waals surface area contributed by atoms with Crippen LogP contribution in [-0.4, -0.2) is 15.9 Å². The number of benzene rings is 1. The minimum absolute atomic E-state index is 0. The van der Waals surface area contributed by atoms with Gasteiger partial charge in [-0.2, -0.15) is 0 Å². The average molecular weight is 246 g/mol. The van der Waals surface area contributed by atoms with Crippen molar-refractivity contribution in [2.24, 2.45) is 0 Å². The Morgan fingerprint density at radius 3 is 2.75 bits per heavy atom. The first kappa shape index (κ1) is 13.9. The molecule has 16 heavy (non-hydrogen) atoms. The summed E-state index contributed by atoms with van der Waals surface area (Å²) in [6.07, 6.45) is 3.06. The Hall–Kier alpha value is -0.130. The summed E-state index contributed by atoms with van der Waals surface area (Å²) >= 11 is -2.09. The number of hydrogen-bond acceptors (Lipinski definition) is 3. The van der Waals surface area contributed by atoms with Gasteiger partial charge in [0.15, 0.2) is 0 Å². The number of hydrogen-bond donors (Lipinski definition) is 0. The van der Waals surface area contributed by atoms with Crippen LogP contribution in [0.5, 0.6) is 5.75 Å². The molecule has 1 atom stereocenters. The van der Waals surface area contributed by atoms with Crippen molar-refractivity contribution in [2.45, 2.75) is 12.8 Å². The summed E-state index contributed by atoms with van der Waals surface area (Å²) in [6.45, 7) is 0. The molecule has 1 aliphatic carbocycles. The number of ether oxygens (including phenoxy) is 1. The largest absolute Gasteiger partial charge is 1.00 e. The summed E-state index contributed by atoms with van der Waals surface area (Å²) in [4.78, 5) is 0.479. The van der Waals surface area contributed by atoms with Gasteiger partial charge in [-0.15, -0.1) is 0 Å². The third-order valence-electron chi connectivity index (χ3n) is 2.52. The van der Waals surface area contributed by atoms with Gasteiger partial charge in [-0.05, 0) is 53.3 Å². The van der Waals surface area contributed by atoms with Gasteiger partial charge in [0.1, 0.15) is 5.75 Å². The zero-order chi connectivity index (χ0) is 10.8. The molecule has 0 heterocycles. The minimum Gasteiger partial charge on any atom is -0.769 e. The molecule has 0 saturated heterocycles. The van der Waals surface area contributed by atoms with Gasteiger partial charge in [0, 0.05) is 4.91 Å². The molecule has 0 bridgehead atoms. The van der Waals surface area contributed by atoms with Gasteiger partial charge in [-0.3, -0.25) is 4.21 Å². The van der Waals surface area contributed by atoms with Crippen molar-refractivity contribution in [1.82, 2.24) is 0 Å². The Morgan fingerprint density at radius 2 is 2.12 bits per heavy atom. The molecule has 1 aliphatic rings. The van der Waals surface area contributed by atoms with Gasteiger partial charge in [0.05, 0.1) is 7.11 Å². The predicted molar refractivity (Wildman–Crippen MR) is 58.2 cm³/mol. The molecule has 5 heteroatoms. The van der Waals surface area contributed by atoms with Gasteiger partial charge in [0.2, 0.25) is 0 Å². The van der Waals surface area contributed by atoms with E-state index in [1.807, 2.05) is 18.2 Å². The summed E-state index contributed by atoms with van der Waals surface area (Å²) in [7, 11) is 1.62. The van der Waals surface area contributed by atoms with Crippen LogP contribution in [0.15, 0.2) is 23.1 Å². The van der Waals surface area contributed by atoms with E-state index in [0.29, 0.717) is 11.3 Å². The Bertz CT molecular complexity index is 443. The maximum Gasteiger partial charge on any atom is 1.00 e. The molecule has 2 rings (SSSR count). The number of fused-ring (bicyclic) bond motifs is 1. The van der Waals surface area contributed by atoms with Crippen LogP contribution in [0.2, 0.25) is 0 Å². The molecular formula is C11H11NaO3S. The molecule has 0 aromatic heterocycles. The Labute approximate surface area is 119 Å². The topological polar surface area (TPSA) is 49.4 Å². The van der Waals surface area contributed by atoms with E-state index < -0.39 is 11.1 Å². The summed E-state index contributed by atoms with van der Waals surface area (Å²) in [5.41, 5.74) is 2.12. The molecule has 0 amide bonds. The first-order valence-electron chi connectivity index (χ1n) is 4.67. The van der Waals surface area contributed by atoms with Crippen molar-refractivity contribution < 1.29 is 43.1 Å². The minimum atomic E-state index is -2.09. The van der Waals surface area contributed by atoms with E-state index in [0.717, 1.165) is 23.3 Å². The molecular weight excluding hydrogens is 235 g/mol. The van der Waals surface area contributed by atoms with E-state index in [1.54, 1.807) is 13.2 Å². The van der Waals surface area contributed by atoms with Gasteiger partial charge in [-0.25, -0.2) is 0 Å². The number of rotatable bonds is 2. The second-order valence-electron chi connectivity index (χ2n) is 3.41. The zero-order valence-electron chi connectivity index (χ0n) is 9.36. The maximum atomic E-state index is 10.8. The molecule has 1 unspecified atom stereocenters. The molecule has 3 nitrogen and oxygen atoms in total. The number of allylic oxidation sites excluding steroid dienone is 1. The third kappa shape index (κ3) is 2.96. The normalized spacial score (nSPS) is 15.5. The summed E-state index contributed by atoms with van der Waals surface area (Å²) in [6, 6.07) is 5.68. The van der Waals surface area contributed by atoms with E-state index in [2.05, 4.69) is 0 Å². The average Bonchev–Trinajstić information content (AvgIpc) is 2.27. The van der Waals surface area contributed by atoms with E-state index in [-0.39, 0.29) is 29.6 Å². The molecule has 0 saturated carbocycles. The SMILES string of the molecule is COc1ccc2c(c1)CCC(S(=O)[O-])=C2.[Na+]. The zero-order valence-corrected chi connectivity index (χ0v) is 12.2. The van der Waals surface area contributed by atoms with Crippen molar-refractivity contribution in [3.05, 3.63) is 34.2 Å². The van der Waals surface area contributed by atoms with Crippen molar-refractivity contribution in [2.75, 3.05) is 7.11 Å². The molecule has 1 aromatic carbocycles. The Morgan fingerprint density at radius 1 is 1.38 bits per heavy atom. The quantitative estimate of drug-likeness (QED) is 0.490. The Balaban J connectivity index is 0.00000128. The van der Waals surface area contributed by atoms with Crippen LogP contribution < -0.4 is 34.3 Å². The molecule has 0 aliphatic heterocycles. The number of methoxy groups -OCH3 is 1. The molecule has 0 radical (unpaired) electrons. The van der Waals surface area contributed by atoms with Crippen LogP contribution in [-0.2, 0) is 17.5 Å². The number of aryl methyl sites for hydroxylation is 1. The first-order chi connectivity index (χ1) is 7.20. The van der Waals surface area contributed by atoms with Crippen LogP contribution in [0.1, 0.15) is 17.5 Å². The molecule has 0 fully saturated rings. The van der Waals surface area contributed by atoms with Gasteiger partial charge >= 0.3 is 29.6 Å². The van der Waals surface area contributed by atoms with Crippen LogP contribution >= 0.6 is 0 Å². The fourth-order valence-corrected chi connectivity index (χ4v) is 2.19. The summed E-state index contributed by atoms with van der Waals surface area (Å²) in [5.74, 6) is 0.814. The van der Waals surface area contributed by atoms with E-state index in [9.17, 15) is 8.76 Å². The second-order valence-corrected chi connectivity index (χ2v) is 4.40. The van der Waals surface area contributed by atoms with Gasteiger partial charge in [-0.1, -0.05) is 6.07 Å². The van der Waals surface area contributed by atoms with Gasteiger partial charge in [0.25, 0.3) is 0 Å². The van der Waals surface area contributed by atoms with Crippen LogP contribution in [0.25, 0.3) is 6.08 Å². The molecule has 0 spiro atoms. The molecule has 0 N–H and O–H groups in total. The van der Waals surface area contributed by atoms with Crippen molar-refractivity contribution in [3.63, 3.8) is 0 Å². The standard InChI is InChI=1S/C11H12O3S.Na/c1-14-10-4-2-9-7-11(15(12)13)5-3-8(9)6-10;/h2,4,6-7H,3,5H2,1H3,(H,12,13);/q;+1/p-1. The monoisotopic (exact) mass is 246 g/mol. The molecule has 1 aromatic rings. The summed E-state index contributed by atoms with van der Waals surface area (Å²) < 4.78 is 26.7. The Kier molecular flexibility index (Phi) is 5.21. The maximum absolute atomic E-state index is 10.8. The van der Waals surface area contributed by atoms with E-state index >= 15 is 0 Å². The third-order valence-corrected chi connectivity index (χ3v) is 3.27.